The average Bonchev–Trinajstić information content (AvgIpc) is 2.77. The molecule has 0 radical (unpaired) electrons. The van der Waals surface area contributed by atoms with Crippen LogP contribution < -0.4 is 0 Å². The third-order valence-electron chi connectivity index (χ3n) is 6.84. The Morgan fingerprint density at radius 1 is 0.645 bits per heavy atom. The SMILES string of the molecule is CCCCCCCCc1c(CCCCCCC)ccc(O)c1C(C)(C)c1ccccc1. The van der Waals surface area contributed by atoms with Crippen molar-refractivity contribution in [1.82, 2.24) is 0 Å². The smallest absolute Gasteiger partial charge is 0.119 e. The Bertz CT molecular complexity index is 745. The minimum Gasteiger partial charge on any atom is -0.508 e. The minimum absolute atomic E-state index is 0.207. The fourth-order valence-corrected chi connectivity index (χ4v) is 4.90. The molecule has 1 heteroatoms. The summed E-state index contributed by atoms with van der Waals surface area (Å²) in [7, 11) is 0. The van der Waals surface area contributed by atoms with Crippen molar-refractivity contribution in [3.63, 3.8) is 0 Å². The summed E-state index contributed by atoms with van der Waals surface area (Å²) in [6, 6.07) is 14.8. The molecule has 0 aromatic heterocycles. The van der Waals surface area contributed by atoms with Crippen molar-refractivity contribution >= 4 is 0 Å². The van der Waals surface area contributed by atoms with Crippen LogP contribution in [0.15, 0.2) is 42.5 Å². The fourth-order valence-electron chi connectivity index (χ4n) is 4.90. The van der Waals surface area contributed by atoms with Gasteiger partial charge in [0, 0.05) is 11.0 Å². The van der Waals surface area contributed by atoms with E-state index in [0.717, 1.165) is 18.4 Å². The van der Waals surface area contributed by atoms with Crippen LogP contribution >= 0.6 is 0 Å². The van der Waals surface area contributed by atoms with E-state index in [1.165, 1.54) is 87.3 Å². The molecule has 0 spiro atoms. The van der Waals surface area contributed by atoms with Crippen LogP contribution in [0.1, 0.15) is 121 Å². The molecule has 1 N–H and O–H groups in total. The van der Waals surface area contributed by atoms with Gasteiger partial charge in [-0.1, -0.05) is 122 Å². The first-order valence-corrected chi connectivity index (χ1v) is 12.9. The number of phenols is 1. The summed E-state index contributed by atoms with van der Waals surface area (Å²) in [5.41, 5.74) is 5.09. The molecule has 1 nitrogen and oxygen atoms in total. The number of phenolic OH excluding ortho intramolecular Hbond substituents is 1. The maximum atomic E-state index is 11.0. The third kappa shape index (κ3) is 7.70. The molecule has 0 fully saturated rings. The molecule has 0 saturated carbocycles. The maximum Gasteiger partial charge on any atom is 0.119 e. The van der Waals surface area contributed by atoms with E-state index < -0.39 is 0 Å². The topological polar surface area (TPSA) is 20.2 Å². The molecule has 2 rings (SSSR count). The van der Waals surface area contributed by atoms with Gasteiger partial charge >= 0.3 is 0 Å². The van der Waals surface area contributed by atoms with Gasteiger partial charge in [-0.3, -0.25) is 0 Å². The standard InChI is InChI=1S/C30H46O/c1-5-7-9-11-13-18-22-27-25(19-15-12-10-8-6-2)23-24-28(31)29(27)30(3,4)26-20-16-14-17-21-26/h14,16-17,20-21,23-24,31H,5-13,15,18-19,22H2,1-4H3. The number of aromatic hydroxyl groups is 1. The van der Waals surface area contributed by atoms with Crippen molar-refractivity contribution < 1.29 is 5.11 Å². The van der Waals surface area contributed by atoms with Crippen LogP contribution in [0.3, 0.4) is 0 Å². The monoisotopic (exact) mass is 422 g/mol. The zero-order valence-electron chi connectivity index (χ0n) is 20.7. The molecule has 2 aromatic carbocycles. The van der Waals surface area contributed by atoms with Gasteiger partial charge in [0.15, 0.2) is 0 Å². The lowest BCUT2D eigenvalue weighted by atomic mass is 9.73. The molecule has 0 saturated heterocycles. The van der Waals surface area contributed by atoms with Crippen LogP contribution in [0.4, 0.5) is 0 Å². The van der Waals surface area contributed by atoms with E-state index in [1.54, 1.807) is 0 Å². The summed E-state index contributed by atoms with van der Waals surface area (Å²) >= 11 is 0. The van der Waals surface area contributed by atoms with Gasteiger partial charge in [-0.2, -0.15) is 0 Å². The predicted octanol–water partition coefficient (Wildman–Crippen LogP) is 9.13. The highest BCUT2D eigenvalue weighted by atomic mass is 16.3. The highest BCUT2D eigenvalue weighted by Gasteiger charge is 2.29. The molecule has 172 valence electrons. The second-order valence-electron chi connectivity index (χ2n) is 9.77. The molecule has 0 atom stereocenters. The number of rotatable bonds is 15. The second kappa shape index (κ2) is 13.6. The maximum absolute atomic E-state index is 11.0. The second-order valence-corrected chi connectivity index (χ2v) is 9.77. The zero-order chi connectivity index (χ0) is 22.5. The van der Waals surface area contributed by atoms with Crippen LogP contribution in [0, 0.1) is 0 Å². The van der Waals surface area contributed by atoms with Crippen LogP contribution in [0.25, 0.3) is 0 Å². The molecule has 0 amide bonds. The number of hydrogen-bond donors (Lipinski definition) is 1. The first-order chi connectivity index (χ1) is 15.0. The van der Waals surface area contributed by atoms with Gasteiger partial charge in [0.05, 0.1) is 0 Å². The highest BCUT2D eigenvalue weighted by Crippen LogP contribution is 2.41. The van der Waals surface area contributed by atoms with E-state index in [2.05, 4.69) is 64.1 Å². The Kier molecular flexibility index (Phi) is 11.2. The Morgan fingerprint density at radius 2 is 1.19 bits per heavy atom. The quantitative estimate of drug-likeness (QED) is 0.284. The average molecular weight is 423 g/mol. The van der Waals surface area contributed by atoms with Crippen LogP contribution in [0.2, 0.25) is 0 Å². The van der Waals surface area contributed by atoms with Crippen molar-refractivity contribution in [2.75, 3.05) is 0 Å². The van der Waals surface area contributed by atoms with Gasteiger partial charge in [-0.15, -0.1) is 0 Å². The summed E-state index contributed by atoms with van der Waals surface area (Å²) in [6.45, 7) is 9.09. The number of hydrogen-bond acceptors (Lipinski definition) is 1. The van der Waals surface area contributed by atoms with Crippen LogP contribution in [-0.2, 0) is 18.3 Å². The number of unbranched alkanes of at least 4 members (excludes halogenated alkanes) is 9. The molecule has 0 heterocycles. The van der Waals surface area contributed by atoms with E-state index in [9.17, 15) is 5.11 Å². The van der Waals surface area contributed by atoms with Crippen molar-refractivity contribution in [2.45, 2.75) is 117 Å². The molecule has 0 unspecified atom stereocenters. The van der Waals surface area contributed by atoms with E-state index in [4.69, 9.17) is 0 Å². The highest BCUT2D eigenvalue weighted by molar-refractivity contribution is 5.53. The Balaban J connectivity index is 2.27. The lowest BCUT2D eigenvalue weighted by Crippen LogP contribution is -2.22. The van der Waals surface area contributed by atoms with Crippen molar-refractivity contribution in [2.24, 2.45) is 0 Å². The fraction of sp³-hybridized carbons (Fsp3) is 0.600. The normalized spacial score (nSPS) is 11.7. The Labute approximate surface area is 192 Å². The third-order valence-corrected chi connectivity index (χ3v) is 6.84. The molecule has 0 aliphatic heterocycles. The van der Waals surface area contributed by atoms with E-state index >= 15 is 0 Å². The zero-order valence-corrected chi connectivity index (χ0v) is 20.7. The lowest BCUT2D eigenvalue weighted by molar-refractivity contribution is 0.449. The molecule has 31 heavy (non-hydrogen) atoms. The lowest BCUT2D eigenvalue weighted by Gasteiger charge is -2.31. The molecule has 0 aliphatic rings. The summed E-state index contributed by atoms with van der Waals surface area (Å²) in [4.78, 5) is 0. The van der Waals surface area contributed by atoms with Gasteiger partial charge in [-0.05, 0) is 48.4 Å². The largest absolute Gasteiger partial charge is 0.508 e. The Morgan fingerprint density at radius 3 is 1.81 bits per heavy atom. The summed E-state index contributed by atoms with van der Waals surface area (Å²) in [6.07, 6.45) is 16.6. The minimum atomic E-state index is -0.207. The summed E-state index contributed by atoms with van der Waals surface area (Å²) in [5.74, 6) is 0.463. The molecule has 0 aliphatic carbocycles. The van der Waals surface area contributed by atoms with Gasteiger partial charge < -0.3 is 5.11 Å². The van der Waals surface area contributed by atoms with Crippen molar-refractivity contribution in [3.05, 3.63) is 64.7 Å². The number of aryl methyl sites for hydroxylation is 1. The molecular formula is C30H46O. The van der Waals surface area contributed by atoms with Gasteiger partial charge in [0.1, 0.15) is 5.75 Å². The first kappa shape index (κ1) is 25.5. The van der Waals surface area contributed by atoms with Crippen LogP contribution in [-0.4, -0.2) is 5.11 Å². The Hall–Kier alpha value is -1.76. The van der Waals surface area contributed by atoms with Gasteiger partial charge in [-0.25, -0.2) is 0 Å². The number of benzene rings is 2. The van der Waals surface area contributed by atoms with Gasteiger partial charge in [0.25, 0.3) is 0 Å². The molecule has 0 bridgehead atoms. The molecule has 2 aromatic rings. The first-order valence-electron chi connectivity index (χ1n) is 12.9. The van der Waals surface area contributed by atoms with Gasteiger partial charge in [0.2, 0.25) is 0 Å². The van der Waals surface area contributed by atoms with E-state index in [0.29, 0.717) is 5.75 Å². The summed E-state index contributed by atoms with van der Waals surface area (Å²) < 4.78 is 0. The van der Waals surface area contributed by atoms with E-state index in [1.807, 2.05) is 6.07 Å². The molecular weight excluding hydrogens is 376 g/mol. The van der Waals surface area contributed by atoms with E-state index in [-0.39, 0.29) is 5.41 Å². The van der Waals surface area contributed by atoms with Crippen molar-refractivity contribution in [1.29, 1.82) is 0 Å². The summed E-state index contributed by atoms with van der Waals surface area (Å²) in [5, 5.41) is 11.0. The predicted molar refractivity (Wildman–Crippen MR) is 136 cm³/mol. The van der Waals surface area contributed by atoms with Crippen molar-refractivity contribution in [3.8, 4) is 5.75 Å². The van der Waals surface area contributed by atoms with Crippen LogP contribution in [0.5, 0.6) is 5.75 Å².